The molecule has 0 amide bonds. The Morgan fingerprint density at radius 2 is 1.89 bits per heavy atom. The van der Waals surface area contributed by atoms with Crippen LogP contribution in [0.25, 0.3) is 0 Å². The Labute approximate surface area is 113 Å². The predicted molar refractivity (Wildman–Crippen MR) is 76.7 cm³/mol. The van der Waals surface area contributed by atoms with Crippen molar-refractivity contribution in [2.24, 2.45) is 17.3 Å². The van der Waals surface area contributed by atoms with E-state index in [0.29, 0.717) is 5.41 Å². The second-order valence-electron chi connectivity index (χ2n) is 7.60. The molecule has 3 heterocycles. The van der Waals surface area contributed by atoms with Gasteiger partial charge in [0.1, 0.15) is 0 Å². The highest BCUT2D eigenvalue weighted by atomic mass is 15.2. The first kappa shape index (κ1) is 12.9. The molecule has 3 rings (SSSR count). The summed E-state index contributed by atoms with van der Waals surface area (Å²) in [5, 5.41) is 3.66. The van der Waals surface area contributed by atoms with Crippen molar-refractivity contribution < 1.29 is 0 Å². The quantitative estimate of drug-likeness (QED) is 0.811. The molecule has 2 heteroatoms. The summed E-state index contributed by atoms with van der Waals surface area (Å²) in [7, 11) is 2.37. The molecule has 3 unspecified atom stereocenters. The van der Waals surface area contributed by atoms with Crippen molar-refractivity contribution in [3.05, 3.63) is 0 Å². The zero-order valence-electron chi connectivity index (χ0n) is 12.4. The van der Waals surface area contributed by atoms with Crippen LogP contribution in [0.4, 0.5) is 0 Å². The molecule has 18 heavy (non-hydrogen) atoms. The van der Waals surface area contributed by atoms with Crippen molar-refractivity contribution in [3.8, 4) is 0 Å². The average molecular weight is 250 g/mol. The maximum Gasteiger partial charge on any atom is 0.0101 e. The molecule has 3 aliphatic rings. The fourth-order valence-electron chi connectivity index (χ4n) is 5.08. The van der Waals surface area contributed by atoms with Crippen LogP contribution in [-0.4, -0.2) is 37.1 Å². The van der Waals surface area contributed by atoms with Gasteiger partial charge in [0.15, 0.2) is 0 Å². The summed E-state index contributed by atoms with van der Waals surface area (Å²) in [6, 6.07) is 1.80. The van der Waals surface area contributed by atoms with Gasteiger partial charge in [0.2, 0.25) is 0 Å². The number of piperidine rings is 2. The zero-order chi connectivity index (χ0) is 12.8. The summed E-state index contributed by atoms with van der Waals surface area (Å²) in [6.07, 6.45) is 8.76. The van der Waals surface area contributed by atoms with Gasteiger partial charge in [0.25, 0.3) is 0 Å². The fourth-order valence-corrected chi connectivity index (χ4v) is 5.08. The van der Waals surface area contributed by atoms with Crippen molar-refractivity contribution >= 4 is 0 Å². The normalized spacial score (nSPS) is 45.0. The Kier molecular flexibility index (Phi) is 3.44. The van der Waals surface area contributed by atoms with E-state index in [1.165, 1.54) is 51.6 Å². The van der Waals surface area contributed by atoms with E-state index in [9.17, 15) is 0 Å². The molecular formula is C16H30N2. The molecule has 0 saturated carbocycles. The second-order valence-corrected chi connectivity index (χ2v) is 7.60. The number of nitrogens with one attached hydrogen (secondary N) is 1. The van der Waals surface area contributed by atoms with Crippen LogP contribution in [-0.2, 0) is 0 Å². The molecule has 2 nitrogen and oxygen atoms in total. The van der Waals surface area contributed by atoms with Crippen molar-refractivity contribution in [1.29, 1.82) is 0 Å². The maximum atomic E-state index is 3.66. The van der Waals surface area contributed by atoms with Crippen molar-refractivity contribution in [1.82, 2.24) is 10.2 Å². The highest BCUT2D eigenvalue weighted by molar-refractivity contribution is 5.04. The van der Waals surface area contributed by atoms with Crippen LogP contribution in [0.5, 0.6) is 0 Å². The smallest absolute Gasteiger partial charge is 0.0101 e. The summed E-state index contributed by atoms with van der Waals surface area (Å²) in [5.41, 5.74) is 0.688. The molecule has 0 aromatic rings. The van der Waals surface area contributed by atoms with Gasteiger partial charge >= 0.3 is 0 Å². The van der Waals surface area contributed by atoms with Gasteiger partial charge in [-0.3, -0.25) is 0 Å². The molecule has 0 aromatic heterocycles. The Balaban J connectivity index is 1.79. The van der Waals surface area contributed by atoms with E-state index in [1.807, 2.05) is 0 Å². The third-order valence-corrected chi connectivity index (χ3v) is 6.08. The highest BCUT2D eigenvalue weighted by Crippen LogP contribution is 2.53. The minimum Gasteiger partial charge on any atom is -0.316 e. The molecule has 1 spiro atoms. The van der Waals surface area contributed by atoms with Gasteiger partial charge < -0.3 is 10.2 Å². The number of rotatable bonds is 2. The number of fused-ring (bicyclic) bond motifs is 2. The van der Waals surface area contributed by atoms with Gasteiger partial charge in [-0.25, -0.2) is 0 Å². The van der Waals surface area contributed by atoms with E-state index in [0.717, 1.165) is 23.9 Å². The Morgan fingerprint density at radius 1 is 1.22 bits per heavy atom. The van der Waals surface area contributed by atoms with Crippen LogP contribution < -0.4 is 5.32 Å². The van der Waals surface area contributed by atoms with Crippen LogP contribution in [0.1, 0.15) is 52.4 Å². The topological polar surface area (TPSA) is 15.3 Å². The summed E-state index contributed by atoms with van der Waals surface area (Å²) in [6.45, 7) is 7.33. The van der Waals surface area contributed by atoms with Gasteiger partial charge in [0, 0.05) is 12.1 Å². The van der Waals surface area contributed by atoms with E-state index in [1.54, 1.807) is 0 Å². The number of nitrogens with zero attached hydrogens (tertiary/aromatic N) is 1. The lowest BCUT2D eigenvalue weighted by Gasteiger charge is -2.52. The molecule has 104 valence electrons. The maximum absolute atomic E-state index is 3.66. The van der Waals surface area contributed by atoms with Gasteiger partial charge in [-0.05, 0) is 75.9 Å². The van der Waals surface area contributed by atoms with Gasteiger partial charge in [-0.2, -0.15) is 0 Å². The van der Waals surface area contributed by atoms with Crippen molar-refractivity contribution in [2.45, 2.75) is 64.5 Å². The lowest BCUT2D eigenvalue weighted by molar-refractivity contribution is -0.0146. The summed E-state index contributed by atoms with van der Waals surface area (Å²) in [4.78, 5) is 2.69. The van der Waals surface area contributed by atoms with Gasteiger partial charge in [-0.15, -0.1) is 0 Å². The van der Waals surface area contributed by atoms with Crippen LogP contribution in [0.15, 0.2) is 0 Å². The highest BCUT2D eigenvalue weighted by Gasteiger charge is 2.50. The number of hydrogen-bond donors (Lipinski definition) is 1. The van der Waals surface area contributed by atoms with Crippen LogP contribution >= 0.6 is 0 Å². The van der Waals surface area contributed by atoms with Crippen molar-refractivity contribution in [3.63, 3.8) is 0 Å². The summed E-state index contributed by atoms with van der Waals surface area (Å²) >= 11 is 0. The molecule has 3 fully saturated rings. The summed E-state index contributed by atoms with van der Waals surface area (Å²) in [5.74, 6) is 1.78. The molecule has 3 atom stereocenters. The van der Waals surface area contributed by atoms with E-state index < -0.39 is 0 Å². The standard InChI is InChI=1S/C16H30N2/c1-12(2)8-13-11-17-7-6-16(13)9-14-4-5-15(10-16)18(14)3/h12-15,17H,4-11H2,1-3H3. The van der Waals surface area contributed by atoms with Crippen LogP contribution in [0.3, 0.4) is 0 Å². The molecule has 0 radical (unpaired) electrons. The largest absolute Gasteiger partial charge is 0.316 e. The minimum atomic E-state index is 0.688. The zero-order valence-corrected chi connectivity index (χ0v) is 12.4. The first-order valence-electron chi connectivity index (χ1n) is 8.03. The predicted octanol–water partition coefficient (Wildman–Crippen LogP) is 2.89. The second kappa shape index (κ2) is 4.79. The third-order valence-electron chi connectivity index (χ3n) is 6.08. The van der Waals surface area contributed by atoms with Gasteiger partial charge in [-0.1, -0.05) is 13.8 Å². The minimum absolute atomic E-state index is 0.688. The average Bonchev–Trinajstić information content (AvgIpc) is 2.57. The van der Waals surface area contributed by atoms with Crippen LogP contribution in [0.2, 0.25) is 0 Å². The molecule has 3 saturated heterocycles. The first-order chi connectivity index (χ1) is 8.61. The molecule has 0 aliphatic carbocycles. The van der Waals surface area contributed by atoms with E-state index >= 15 is 0 Å². The van der Waals surface area contributed by atoms with Crippen LogP contribution in [0, 0.1) is 17.3 Å². The van der Waals surface area contributed by atoms with Crippen molar-refractivity contribution in [2.75, 3.05) is 20.1 Å². The lowest BCUT2D eigenvalue weighted by atomic mass is 9.61. The molecular weight excluding hydrogens is 220 g/mol. The monoisotopic (exact) mass is 250 g/mol. The van der Waals surface area contributed by atoms with Gasteiger partial charge in [0.05, 0.1) is 0 Å². The Bertz CT molecular complexity index is 285. The fraction of sp³-hybridized carbons (Fsp3) is 1.00. The Morgan fingerprint density at radius 3 is 2.50 bits per heavy atom. The number of hydrogen-bond acceptors (Lipinski definition) is 2. The van der Waals surface area contributed by atoms with E-state index in [4.69, 9.17) is 0 Å². The van der Waals surface area contributed by atoms with E-state index in [2.05, 4.69) is 31.1 Å². The third kappa shape index (κ3) is 2.12. The molecule has 2 bridgehead atoms. The molecule has 3 aliphatic heterocycles. The summed E-state index contributed by atoms with van der Waals surface area (Å²) < 4.78 is 0. The first-order valence-corrected chi connectivity index (χ1v) is 8.03. The molecule has 1 N–H and O–H groups in total. The Hall–Kier alpha value is -0.0800. The lowest BCUT2D eigenvalue weighted by Crippen LogP contribution is -2.54. The molecule has 0 aromatic carbocycles. The SMILES string of the molecule is CC(C)CC1CNCCC12CC1CCC(C2)N1C. The van der Waals surface area contributed by atoms with E-state index in [-0.39, 0.29) is 0 Å².